The predicted octanol–water partition coefficient (Wildman–Crippen LogP) is 3.90. The van der Waals surface area contributed by atoms with Gasteiger partial charge >= 0.3 is 0 Å². The third-order valence-electron chi connectivity index (χ3n) is 5.25. The average molecular weight is 575 g/mol. The van der Waals surface area contributed by atoms with Crippen molar-refractivity contribution in [2.75, 3.05) is 57.9 Å². The van der Waals surface area contributed by atoms with Crippen LogP contribution < -0.4 is 20.1 Å². The number of nitrogens with zero attached hydrogens (tertiary/aromatic N) is 2. The van der Waals surface area contributed by atoms with E-state index in [0.29, 0.717) is 32.1 Å². The van der Waals surface area contributed by atoms with Crippen LogP contribution in [-0.2, 0) is 9.53 Å². The third-order valence-corrected chi connectivity index (χ3v) is 5.25. The van der Waals surface area contributed by atoms with Crippen LogP contribution in [0.3, 0.4) is 0 Å². The van der Waals surface area contributed by atoms with Crippen LogP contribution in [-0.4, -0.2) is 69.4 Å². The fourth-order valence-electron chi connectivity index (χ4n) is 3.61. The Morgan fingerprint density at radius 2 is 2.00 bits per heavy atom. The zero-order valence-corrected chi connectivity index (χ0v) is 22.3. The van der Waals surface area contributed by atoms with Gasteiger partial charge in [0.2, 0.25) is 5.91 Å². The van der Waals surface area contributed by atoms with Crippen molar-refractivity contribution < 1.29 is 19.0 Å². The van der Waals surface area contributed by atoms with Gasteiger partial charge in [0.1, 0.15) is 0 Å². The van der Waals surface area contributed by atoms with Gasteiger partial charge in [-0.25, -0.2) is 0 Å². The number of likely N-dealkylation sites (tertiary alicyclic amines) is 1. The first kappa shape index (κ1) is 27.5. The van der Waals surface area contributed by atoms with Crippen molar-refractivity contribution in [3.63, 3.8) is 0 Å². The lowest BCUT2D eigenvalue weighted by Crippen LogP contribution is -2.33. The monoisotopic (exact) mass is 574 g/mol. The highest BCUT2D eigenvalue weighted by molar-refractivity contribution is 14.0. The second-order valence-corrected chi connectivity index (χ2v) is 8.65. The van der Waals surface area contributed by atoms with Crippen molar-refractivity contribution >= 4 is 41.5 Å². The summed E-state index contributed by atoms with van der Waals surface area (Å²) in [6.45, 7) is 10.2. The molecule has 1 saturated heterocycles. The van der Waals surface area contributed by atoms with E-state index in [4.69, 9.17) is 19.2 Å². The van der Waals surface area contributed by atoms with Crippen LogP contribution in [0.5, 0.6) is 11.5 Å². The van der Waals surface area contributed by atoms with Gasteiger partial charge in [-0.05, 0) is 37.3 Å². The van der Waals surface area contributed by atoms with Gasteiger partial charge < -0.3 is 29.7 Å². The number of halogens is 1. The molecule has 0 aliphatic carbocycles. The molecule has 1 amide bonds. The summed E-state index contributed by atoms with van der Waals surface area (Å²) in [5, 5.41) is 6.77. The first-order valence-corrected chi connectivity index (χ1v) is 11.9. The second kappa shape index (κ2) is 15.2. The third kappa shape index (κ3) is 9.95. The van der Waals surface area contributed by atoms with Crippen molar-refractivity contribution in [2.24, 2.45) is 10.9 Å². The molecule has 2 N–H and O–H groups in total. The van der Waals surface area contributed by atoms with E-state index in [1.165, 1.54) is 0 Å². The topological polar surface area (TPSA) is 84.4 Å². The Bertz CT molecular complexity index is 760. The SMILES string of the molecule is CC(C)COCCCNC(=NCCCN1CCCC1=O)Nc1ccc2c(c1)OCCCO2.I. The molecule has 8 nitrogen and oxygen atoms in total. The Morgan fingerprint density at radius 3 is 2.76 bits per heavy atom. The summed E-state index contributed by atoms with van der Waals surface area (Å²) in [7, 11) is 0. The Balaban J connectivity index is 0.00000385. The number of carbonyl (C=O) groups excluding carboxylic acids is 1. The molecule has 0 bridgehead atoms. The summed E-state index contributed by atoms with van der Waals surface area (Å²) < 4.78 is 17.2. The van der Waals surface area contributed by atoms with Crippen molar-refractivity contribution in [3.05, 3.63) is 18.2 Å². The zero-order chi connectivity index (χ0) is 22.6. The van der Waals surface area contributed by atoms with Crippen LogP contribution >= 0.6 is 24.0 Å². The fourth-order valence-corrected chi connectivity index (χ4v) is 3.61. The molecule has 2 aliphatic heterocycles. The number of benzene rings is 1. The quantitative estimate of drug-likeness (QED) is 0.181. The van der Waals surface area contributed by atoms with Gasteiger partial charge in [-0.15, -0.1) is 24.0 Å². The van der Waals surface area contributed by atoms with Crippen LogP contribution in [0, 0.1) is 5.92 Å². The average Bonchev–Trinajstić information content (AvgIpc) is 3.04. The van der Waals surface area contributed by atoms with Crippen molar-refractivity contribution in [1.29, 1.82) is 0 Å². The molecule has 1 fully saturated rings. The highest BCUT2D eigenvalue weighted by Gasteiger charge is 2.19. The minimum Gasteiger partial charge on any atom is -0.490 e. The van der Waals surface area contributed by atoms with Gasteiger partial charge in [0, 0.05) is 64.0 Å². The highest BCUT2D eigenvalue weighted by atomic mass is 127. The largest absolute Gasteiger partial charge is 0.490 e. The maximum atomic E-state index is 11.8. The number of guanidine groups is 1. The number of carbonyl (C=O) groups is 1. The molecule has 2 heterocycles. The van der Waals surface area contributed by atoms with E-state index in [1.807, 2.05) is 23.1 Å². The Kier molecular flexibility index (Phi) is 12.7. The minimum absolute atomic E-state index is 0. The lowest BCUT2D eigenvalue weighted by atomic mass is 10.2. The molecule has 0 spiro atoms. The van der Waals surface area contributed by atoms with E-state index >= 15 is 0 Å². The number of aliphatic imine (C=N–C) groups is 1. The number of ether oxygens (including phenoxy) is 3. The molecule has 33 heavy (non-hydrogen) atoms. The molecule has 9 heteroatoms. The lowest BCUT2D eigenvalue weighted by molar-refractivity contribution is -0.127. The van der Waals surface area contributed by atoms with E-state index in [-0.39, 0.29) is 29.9 Å². The van der Waals surface area contributed by atoms with Crippen LogP contribution in [0.15, 0.2) is 23.2 Å². The Hall–Kier alpha value is -1.75. The Labute approximate surface area is 214 Å². The summed E-state index contributed by atoms with van der Waals surface area (Å²) in [4.78, 5) is 18.4. The maximum Gasteiger partial charge on any atom is 0.222 e. The molecule has 0 unspecified atom stereocenters. The molecule has 1 aromatic rings. The van der Waals surface area contributed by atoms with Crippen LogP contribution in [0.25, 0.3) is 0 Å². The smallest absolute Gasteiger partial charge is 0.222 e. The summed E-state index contributed by atoms with van der Waals surface area (Å²) in [6.07, 6.45) is 4.28. The molecule has 0 saturated carbocycles. The van der Waals surface area contributed by atoms with Gasteiger partial charge in [-0.2, -0.15) is 0 Å². The van der Waals surface area contributed by atoms with Gasteiger partial charge in [-0.3, -0.25) is 9.79 Å². The van der Waals surface area contributed by atoms with E-state index in [9.17, 15) is 4.79 Å². The van der Waals surface area contributed by atoms with Crippen LogP contribution in [0.1, 0.15) is 46.0 Å². The predicted molar refractivity (Wildman–Crippen MR) is 142 cm³/mol. The fraction of sp³-hybridized carbons (Fsp3) is 0.667. The Morgan fingerprint density at radius 1 is 1.18 bits per heavy atom. The summed E-state index contributed by atoms with van der Waals surface area (Å²) in [6, 6.07) is 5.85. The first-order valence-electron chi connectivity index (χ1n) is 11.9. The van der Waals surface area contributed by atoms with Crippen molar-refractivity contribution in [3.8, 4) is 11.5 Å². The van der Waals surface area contributed by atoms with Gasteiger partial charge in [-0.1, -0.05) is 13.8 Å². The van der Waals surface area contributed by atoms with Gasteiger partial charge in [0.25, 0.3) is 0 Å². The molecule has 0 atom stereocenters. The van der Waals surface area contributed by atoms with Gasteiger partial charge in [0.15, 0.2) is 17.5 Å². The van der Waals surface area contributed by atoms with Crippen molar-refractivity contribution in [2.45, 2.75) is 46.0 Å². The standard InChI is InChI=1S/C24H38N4O4.HI/c1-19(2)18-30-14-5-11-26-24(25-10-4-13-28-12-3-7-23(28)29)27-20-8-9-21-22(17-20)32-16-6-15-31-21;/h8-9,17,19H,3-7,10-16,18H2,1-2H3,(H2,25,26,27);1H. The summed E-state index contributed by atoms with van der Waals surface area (Å²) >= 11 is 0. The van der Waals surface area contributed by atoms with Crippen LogP contribution in [0.2, 0.25) is 0 Å². The number of rotatable bonds is 11. The molecule has 186 valence electrons. The number of fused-ring (bicyclic) bond motifs is 1. The highest BCUT2D eigenvalue weighted by Crippen LogP contribution is 2.32. The summed E-state index contributed by atoms with van der Waals surface area (Å²) in [5.74, 6) is 3.05. The molecule has 1 aromatic carbocycles. The number of hydrogen-bond donors (Lipinski definition) is 2. The van der Waals surface area contributed by atoms with Crippen LogP contribution in [0.4, 0.5) is 5.69 Å². The summed E-state index contributed by atoms with van der Waals surface area (Å²) in [5.41, 5.74) is 0.895. The first-order chi connectivity index (χ1) is 15.6. The van der Waals surface area contributed by atoms with E-state index in [0.717, 1.165) is 81.7 Å². The molecule has 0 radical (unpaired) electrons. The van der Waals surface area contributed by atoms with Gasteiger partial charge in [0.05, 0.1) is 13.2 Å². The molecular weight excluding hydrogens is 535 g/mol. The molecular formula is C24H39IN4O4. The lowest BCUT2D eigenvalue weighted by Gasteiger charge is -2.16. The van der Waals surface area contributed by atoms with E-state index in [1.54, 1.807) is 0 Å². The molecule has 0 aromatic heterocycles. The number of nitrogens with one attached hydrogen (secondary N) is 2. The number of amides is 1. The number of hydrogen-bond acceptors (Lipinski definition) is 5. The zero-order valence-electron chi connectivity index (χ0n) is 19.9. The van der Waals surface area contributed by atoms with E-state index < -0.39 is 0 Å². The maximum absolute atomic E-state index is 11.8. The van der Waals surface area contributed by atoms with E-state index in [2.05, 4.69) is 24.5 Å². The number of anilines is 1. The molecule has 2 aliphatic rings. The molecule has 3 rings (SSSR count). The van der Waals surface area contributed by atoms with Crippen molar-refractivity contribution in [1.82, 2.24) is 10.2 Å². The normalized spacial score (nSPS) is 15.9. The second-order valence-electron chi connectivity index (χ2n) is 8.65. The minimum atomic E-state index is 0.